The van der Waals surface area contributed by atoms with Crippen molar-refractivity contribution < 1.29 is 18.0 Å². The number of halogens is 4. The first-order valence-corrected chi connectivity index (χ1v) is 14.4. The van der Waals surface area contributed by atoms with E-state index in [2.05, 4.69) is 58.5 Å². The van der Waals surface area contributed by atoms with Gasteiger partial charge < -0.3 is 10.6 Å². The van der Waals surface area contributed by atoms with E-state index in [1.807, 2.05) is 5.38 Å². The Morgan fingerprint density at radius 1 is 1.35 bits per heavy atom. The van der Waals surface area contributed by atoms with E-state index >= 15 is 0 Å². The predicted molar refractivity (Wildman–Crippen MR) is 142 cm³/mol. The molecule has 0 saturated carbocycles. The maximum Gasteiger partial charge on any atom is 0.410 e. The minimum absolute atomic E-state index is 0.108. The number of nitrogens with one attached hydrogen (secondary N) is 2. The molecule has 12 heteroatoms. The maximum absolute atomic E-state index is 14.0. The predicted octanol–water partition coefficient (Wildman–Crippen LogP) is 7.70. The molecule has 2 aliphatic rings. The summed E-state index contributed by atoms with van der Waals surface area (Å²) in [6, 6.07) is 3.36. The quantitative estimate of drug-likeness (QED) is 0.318. The monoisotopic (exact) mass is 611 g/mol. The van der Waals surface area contributed by atoms with Crippen LogP contribution in [0.2, 0.25) is 0 Å². The highest BCUT2D eigenvalue weighted by Gasteiger charge is 2.48. The van der Waals surface area contributed by atoms with Crippen LogP contribution in [0.3, 0.4) is 0 Å². The fourth-order valence-corrected chi connectivity index (χ4v) is 7.72. The van der Waals surface area contributed by atoms with Gasteiger partial charge in [-0.1, -0.05) is 26.8 Å². The van der Waals surface area contributed by atoms with Gasteiger partial charge in [-0.05, 0) is 63.5 Å². The summed E-state index contributed by atoms with van der Waals surface area (Å²) in [7, 11) is 0. The van der Waals surface area contributed by atoms with Gasteiger partial charge in [0.25, 0.3) is 5.91 Å². The van der Waals surface area contributed by atoms with E-state index in [-0.39, 0.29) is 27.8 Å². The van der Waals surface area contributed by atoms with Gasteiger partial charge in [0, 0.05) is 16.2 Å². The molecule has 3 aromatic rings. The zero-order chi connectivity index (χ0) is 26.7. The number of nitrogens with zero attached hydrogens (tertiary/aromatic N) is 3. The molecular weight excluding hydrogens is 587 g/mol. The molecule has 5 rings (SSSR count). The smallest absolute Gasteiger partial charge is 0.362 e. The molecule has 3 aromatic heterocycles. The van der Waals surface area contributed by atoms with Crippen molar-refractivity contribution in [2.24, 2.45) is 11.3 Å². The molecule has 0 saturated heterocycles. The number of nitriles is 1. The van der Waals surface area contributed by atoms with Crippen LogP contribution in [0.25, 0.3) is 0 Å². The molecule has 0 aromatic carbocycles. The molecule has 0 spiro atoms. The standard InChI is InChI=1S/C25H25BrF3N5OS2/c1-24(2,3)12-6-7-13-14(11-30)23(37-17(13)9-12)32-22(35)20-19(26)21-31-15(16-5-4-8-36-16)10-18(25(27,28)29)34(21)33-20/h4-5,8,12,15,18,31H,6-7,9-10H2,1-3H3,(H,32,35)/t12-,15+,18+/m0/s1. The molecule has 0 radical (unpaired) electrons. The third-order valence-electron chi connectivity index (χ3n) is 7.23. The average molecular weight is 613 g/mol. The number of alkyl halides is 3. The fraction of sp³-hybridized carbons (Fsp3) is 0.480. The zero-order valence-electron chi connectivity index (χ0n) is 20.4. The van der Waals surface area contributed by atoms with Crippen LogP contribution in [0.15, 0.2) is 22.0 Å². The lowest BCUT2D eigenvalue weighted by Crippen LogP contribution is -2.35. The summed E-state index contributed by atoms with van der Waals surface area (Å²) >= 11 is 6.07. The Kier molecular flexibility index (Phi) is 6.69. The van der Waals surface area contributed by atoms with Crippen LogP contribution >= 0.6 is 38.6 Å². The highest BCUT2D eigenvalue weighted by molar-refractivity contribution is 9.10. The third-order valence-corrected chi connectivity index (χ3v) is 10.1. The Balaban J connectivity index is 1.46. The van der Waals surface area contributed by atoms with Gasteiger partial charge in [-0.15, -0.1) is 22.7 Å². The summed E-state index contributed by atoms with van der Waals surface area (Å²) in [4.78, 5) is 15.2. The van der Waals surface area contributed by atoms with Crippen LogP contribution in [0.1, 0.15) is 77.1 Å². The summed E-state index contributed by atoms with van der Waals surface area (Å²) in [5.41, 5.74) is 1.36. The van der Waals surface area contributed by atoms with E-state index in [0.29, 0.717) is 16.5 Å². The van der Waals surface area contributed by atoms with Gasteiger partial charge in [-0.3, -0.25) is 4.79 Å². The van der Waals surface area contributed by atoms with Crippen molar-refractivity contribution >= 4 is 55.3 Å². The summed E-state index contributed by atoms with van der Waals surface area (Å²) in [6.07, 6.45) is -2.23. The van der Waals surface area contributed by atoms with Gasteiger partial charge >= 0.3 is 6.18 Å². The molecule has 37 heavy (non-hydrogen) atoms. The molecule has 1 aliphatic carbocycles. The molecule has 0 fully saturated rings. The fourth-order valence-electron chi connectivity index (χ4n) is 5.10. The van der Waals surface area contributed by atoms with E-state index in [9.17, 15) is 23.2 Å². The largest absolute Gasteiger partial charge is 0.410 e. The first-order valence-electron chi connectivity index (χ1n) is 11.9. The number of thiophene rings is 2. The van der Waals surface area contributed by atoms with Crippen molar-refractivity contribution in [2.45, 2.75) is 64.7 Å². The molecule has 6 nitrogen and oxygen atoms in total. The van der Waals surface area contributed by atoms with E-state index in [1.165, 1.54) is 22.7 Å². The lowest BCUT2D eigenvalue weighted by molar-refractivity contribution is -0.173. The van der Waals surface area contributed by atoms with Gasteiger partial charge in [0.05, 0.1) is 16.1 Å². The molecule has 2 N–H and O–H groups in total. The van der Waals surface area contributed by atoms with Crippen molar-refractivity contribution in [1.29, 1.82) is 5.26 Å². The second-order valence-corrected chi connectivity index (χ2v) is 13.4. The van der Waals surface area contributed by atoms with Gasteiger partial charge in [0.1, 0.15) is 16.9 Å². The van der Waals surface area contributed by atoms with Crippen molar-refractivity contribution in [3.05, 3.63) is 48.6 Å². The summed E-state index contributed by atoms with van der Waals surface area (Å²) in [5.74, 6) is -0.0906. The Morgan fingerprint density at radius 3 is 2.73 bits per heavy atom. The number of hydrogen-bond acceptors (Lipinski definition) is 6. The third kappa shape index (κ3) is 4.81. The second kappa shape index (κ2) is 9.43. The number of carbonyl (C=O) groups is 1. The van der Waals surface area contributed by atoms with Crippen LogP contribution in [0, 0.1) is 22.7 Å². The van der Waals surface area contributed by atoms with Crippen LogP contribution < -0.4 is 10.6 Å². The van der Waals surface area contributed by atoms with E-state index in [0.717, 1.165) is 39.3 Å². The van der Waals surface area contributed by atoms with Crippen LogP contribution in [0.5, 0.6) is 0 Å². The summed E-state index contributed by atoms with van der Waals surface area (Å²) in [5, 5.41) is 22.1. The Labute approximate surface area is 229 Å². The van der Waals surface area contributed by atoms with Gasteiger partial charge in [-0.25, -0.2) is 4.68 Å². The number of amides is 1. The molecular formula is C25H25BrF3N5OS2. The summed E-state index contributed by atoms with van der Waals surface area (Å²) in [6.45, 7) is 6.61. The van der Waals surface area contributed by atoms with Crippen LogP contribution in [-0.4, -0.2) is 21.9 Å². The lowest BCUT2D eigenvalue weighted by atomic mass is 9.72. The highest BCUT2D eigenvalue weighted by Crippen LogP contribution is 2.48. The minimum atomic E-state index is -4.55. The van der Waals surface area contributed by atoms with E-state index in [1.54, 1.807) is 12.1 Å². The van der Waals surface area contributed by atoms with Crippen LogP contribution in [-0.2, 0) is 12.8 Å². The van der Waals surface area contributed by atoms with Gasteiger partial charge in [0.15, 0.2) is 11.7 Å². The summed E-state index contributed by atoms with van der Waals surface area (Å²) < 4.78 is 43.1. The number of fused-ring (bicyclic) bond motifs is 2. The Hall–Kier alpha value is -2.36. The number of carbonyl (C=O) groups excluding carboxylic acids is 1. The second-order valence-electron chi connectivity index (χ2n) is 10.5. The topological polar surface area (TPSA) is 82.7 Å². The number of hydrogen-bond donors (Lipinski definition) is 2. The van der Waals surface area contributed by atoms with E-state index in [4.69, 9.17) is 0 Å². The van der Waals surface area contributed by atoms with Gasteiger partial charge in [-0.2, -0.15) is 23.5 Å². The lowest BCUT2D eigenvalue weighted by Gasteiger charge is -2.33. The minimum Gasteiger partial charge on any atom is -0.362 e. The molecule has 3 atom stereocenters. The van der Waals surface area contributed by atoms with Gasteiger partial charge in [0.2, 0.25) is 0 Å². The molecule has 4 heterocycles. The van der Waals surface area contributed by atoms with Crippen LogP contribution in [0.4, 0.5) is 24.0 Å². The first kappa shape index (κ1) is 26.3. The molecule has 1 aliphatic heterocycles. The maximum atomic E-state index is 14.0. The zero-order valence-corrected chi connectivity index (χ0v) is 23.6. The van der Waals surface area contributed by atoms with Crippen molar-refractivity contribution in [3.63, 3.8) is 0 Å². The highest BCUT2D eigenvalue weighted by atomic mass is 79.9. The SMILES string of the molecule is CC(C)(C)[C@H]1CCc2c(sc(NC(=O)c3nn4c(c3Br)N[C@@H](c3cccs3)C[C@@H]4C(F)(F)F)c2C#N)C1. The Morgan fingerprint density at radius 2 is 2.11 bits per heavy atom. The average Bonchev–Trinajstić information content (AvgIpc) is 3.54. The molecule has 196 valence electrons. The van der Waals surface area contributed by atoms with Crippen molar-refractivity contribution in [1.82, 2.24) is 9.78 Å². The first-order chi connectivity index (χ1) is 17.4. The van der Waals surface area contributed by atoms with E-state index < -0.39 is 24.2 Å². The van der Waals surface area contributed by atoms with Crippen molar-refractivity contribution in [3.8, 4) is 6.07 Å². The number of anilines is 2. The number of aromatic nitrogens is 2. The molecule has 0 bridgehead atoms. The number of rotatable bonds is 3. The normalized spacial score (nSPS) is 21.5. The molecule has 0 unspecified atom stereocenters. The molecule has 1 amide bonds. The Bertz CT molecular complexity index is 1380. The van der Waals surface area contributed by atoms with Crippen molar-refractivity contribution in [2.75, 3.05) is 10.6 Å².